The van der Waals surface area contributed by atoms with Crippen LogP contribution in [0.4, 0.5) is 0 Å². The highest BCUT2D eigenvalue weighted by Crippen LogP contribution is 2.24. The molecule has 0 saturated heterocycles. The van der Waals surface area contributed by atoms with Crippen LogP contribution in [0.5, 0.6) is 5.75 Å². The molecule has 0 spiro atoms. The number of hydrogen-bond donors (Lipinski definition) is 0. The molecule has 0 unspecified atom stereocenters. The molecule has 0 fully saturated rings. The third-order valence-corrected chi connectivity index (χ3v) is 6.01. The molecule has 32 heavy (non-hydrogen) atoms. The predicted molar refractivity (Wildman–Crippen MR) is 127 cm³/mol. The first-order chi connectivity index (χ1) is 15.7. The van der Waals surface area contributed by atoms with Gasteiger partial charge in [-0.1, -0.05) is 42.1 Å². The molecule has 7 heteroatoms. The molecule has 0 aliphatic heterocycles. The fourth-order valence-electron chi connectivity index (χ4n) is 3.29. The van der Waals surface area contributed by atoms with Gasteiger partial charge < -0.3 is 9.47 Å². The Bertz CT molecular complexity index is 1210. The van der Waals surface area contributed by atoms with Gasteiger partial charge in [-0.25, -0.2) is 4.98 Å². The van der Waals surface area contributed by atoms with Gasteiger partial charge >= 0.3 is 0 Å². The molecule has 0 bridgehead atoms. The van der Waals surface area contributed by atoms with E-state index in [1.54, 1.807) is 29.6 Å². The first-order valence-electron chi connectivity index (χ1n) is 10.5. The maximum atomic E-state index is 13.0. The van der Waals surface area contributed by atoms with Crippen molar-refractivity contribution in [2.75, 3.05) is 13.7 Å². The summed E-state index contributed by atoms with van der Waals surface area (Å²) in [7, 11) is 1.67. The topological polar surface area (TPSA) is 66.2 Å². The van der Waals surface area contributed by atoms with Gasteiger partial charge in [0.1, 0.15) is 12.4 Å². The number of pyridine rings is 1. The van der Waals surface area contributed by atoms with Crippen molar-refractivity contribution >= 4 is 22.7 Å². The summed E-state index contributed by atoms with van der Waals surface area (Å²) in [5, 5.41) is 1.36. The number of methoxy groups -OCH3 is 1. The number of rotatable bonds is 10. The first kappa shape index (κ1) is 22.0. The minimum absolute atomic E-state index is 0.00697. The van der Waals surface area contributed by atoms with E-state index in [0.29, 0.717) is 30.9 Å². The molecule has 0 aliphatic carbocycles. The number of benzene rings is 2. The van der Waals surface area contributed by atoms with E-state index in [0.717, 1.165) is 34.1 Å². The smallest absolute Gasteiger partial charge is 0.262 e. The molecule has 2 heterocycles. The maximum absolute atomic E-state index is 13.0. The van der Waals surface area contributed by atoms with Gasteiger partial charge in [0.25, 0.3) is 5.56 Å². The molecule has 0 amide bonds. The Balaban J connectivity index is 1.45. The third kappa shape index (κ3) is 5.55. The minimum atomic E-state index is -0.00697. The summed E-state index contributed by atoms with van der Waals surface area (Å²) in [4.78, 5) is 22.1. The maximum Gasteiger partial charge on any atom is 0.262 e. The van der Waals surface area contributed by atoms with E-state index in [1.165, 1.54) is 0 Å². The molecular formula is C25H25N3O3S. The van der Waals surface area contributed by atoms with Crippen molar-refractivity contribution in [3.05, 3.63) is 94.5 Å². The Morgan fingerprint density at radius 1 is 1.00 bits per heavy atom. The summed E-state index contributed by atoms with van der Waals surface area (Å²) in [6, 6.07) is 21.2. The minimum Gasteiger partial charge on any atom is -0.487 e. The fourth-order valence-corrected chi connectivity index (χ4v) is 4.27. The predicted octanol–water partition coefficient (Wildman–Crippen LogP) is 4.70. The lowest BCUT2D eigenvalue weighted by Gasteiger charge is -2.13. The normalized spacial score (nSPS) is 11.0. The zero-order valence-electron chi connectivity index (χ0n) is 17.9. The second-order valence-corrected chi connectivity index (χ2v) is 8.20. The van der Waals surface area contributed by atoms with Crippen molar-refractivity contribution < 1.29 is 9.47 Å². The highest BCUT2D eigenvalue weighted by atomic mass is 32.2. The highest BCUT2D eigenvalue weighted by Gasteiger charge is 2.11. The van der Waals surface area contributed by atoms with E-state index < -0.39 is 0 Å². The van der Waals surface area contributed by atoms with Crippen molar-refractivity contribution in [1.29, 1.82) is 0 Å². The van der Waals surface area contributed by atoms with Gasteiger partial charge in [-0.05, 0) is 48.4 Å². The van der Waals surface area contributed by atoms with Gasteiger partial charge in [-0.15, -0.1) is 0 Å². The second kappa shape index (κ2) is 10.9. The summed E-state index contributed by atoms with van der Waals surface area (Å²) in [5.41, 5.74) is 2.74. The van der Waals surface area contributed by atoms with Crippen LogP contribution in [0.25, 0.3) is 10.9 Å². The number of nitrogens with zero attached hydrogens (tertiary/aromatic N) is 3. The quantitative estimate of drug-likeness (QED) is 0.199. The molecule has 0 atom stereocenters. The monoisotopic (exact) mass is 447 g/mol. The molecular weight excluding hydrogens is 422 g/mol. The number of fused-ring (bicyclic) bond motifs is 1. The lowest BCUT2D eigenvalue weighted by Crippen LogP contribution is -2.24. The van der Waals surface area contributed by atoms with Crippen LogP contribution in [-0.2, 0) is 23.6 Å². The lowest BCUT2D eigenvalue weighted by molar-refractivity contribution is 0.189. The SMILES string of the molecule is COCCCn1c(SCc2ccc(OCc3ccccn3)cc2)nc2ccccc2c1=O. The molecule has 2 aromatic heterocycles. The number of ether oxygens (including phenoxy) is 2. The van der Waals surface area contributed by atoms with Crippen LogP contribution in [0.1, 0.15) is 17.7 Å². The van der Waals surface area contributed by atoms with Gasteiger partial charge in [-0.2, -0.15) is 0 Å². The van der Waals surface area contributed by atoms with E-state index in [-0.39, 0.29) is 5.56 Å². The van der Waals surface area contributed by atoms with Gasteiger partial charge in [0.2, 0.25) is 0 Å². The molecule has 4 rings (SSSR count). The van der Waals surface area contributed by atoms with Crippen LogP contribution in [0, 0.1) is 0 Å². The Morgan fingerprint density at radius 2 is 1.81 bits per heavy atom. The van der Waals surface area contributed by atoms with Crippen LogP contribution >= 0.6 is 11.8 Å². The van der Waals surface area contributed by atoms with Crippen molar-refractivity contribution in [2.24, 2.45) is 0 Å². The average Bonchev–Trinajstić information content (AvgIpc) is 2.84. The zero-order valence-corrected chi connectivity index (χ0v) is 18.8. The van der Waals surface area contributed by atoms with E-state index in [1.807, 2.05) is 66.7 Å². The fraction of sp³-hybridized carbons (Fsp3) is 0.240. The Hall–Kier alpha value is -3.16. The lowest BCUT2D eigenvalue weighted by atomic mass is 10.2. The van der Waals surface area contributed by atoms with Crippen LogP contribution in [0.2, 0.25) is 0 Å². The second-order valence-electron chi connectivity index (χ2n) is 7.26. The Morgan fingerprint density at radius 3 is 2.59 bits per heavy atom. The molecule has 0 N–H and O–H groups in total. The van der Waals surface area contributed by atoms with E-state index in [2.05, 4.69) is 4.98 Å². The molecule has 4 aromatic rings. The average molecular weight is 448 g/mol. The van der Waals surface area contributed by atoms with E-state index in [9.17, 15) is 4.79 Å². The van der Waals surface area contributed by atoms with Crippen molar-refractivity contribution in [2.45, 2.75) is 30.5 Å². The molecule has 164 valence electrons. The third-order valence-electron chi connectivity index (χ3n) is 4.96. The van der Waals surface area contributed by atoms with Gasteiger partial charge in [0.15, 0.2) is 5.16 Å². The zero-order chi connectivity index (χ0) is 22.2. The van der Waals surface area contributed by atoms with Gasteiger partial charge in [0, 0.05) is 32.2 Å². The van der Waals surface area contributed by atoms with E-state index in [4.69, 9.17) is 14.5 Å². The van der Waals surface area contributed by atoms with Crippen molar-refractivity contribution in [3.8, 4) is 5.75 Å². The number of hydrogen-bond acceptors (Lipinski definition) is 6. The Kier molecular flexibility index (Phi) is 7.53. The summed E-state index contributed by atoms with van der Waals surface area (Å²) in [6.07, 6.45) is 2.51. The summed E-state index contributed by atoms with van der Waals surface area (Å²) >= 11 is 1.56. The first-order valence-corrected chi connectivity index (χ1v) is 11.5. The summed E-state index contributed by atoms with van der Waals surface area (Å²) in [6.45, 7) is 1.61. The van der Waals surface area contributed by atoms with Crippen LogP contribution in [0.15, 0.2) is 82.9 Å². The Labute approximate surface area is 191 Å². The van der Waals surface area contributed by atoms with Crippen LogP contribution < -0.4 is 10.3 Å². The summed E-state index contributed by atoms with van der Waals surface area (Å²) in [5.74, 6) is 1.50. The summed E-state index contributed by atoms with van der Waals surface area (Å²) < 4.78 is 12.7. The number of aromatic nitrogens is 3. The molecule has 2 aromatic carbocycles. The van der Waals surface area contributed by atoms with Crippen molar-refractivity contribution in [1.82, 2.24) is 14.5 Å². The molecule has 0 radical (unpaired) electrons. The largest absolute Gasteiger partial charge is 0.487 e. The highest BCUT2D eigenvalue weighted by molar-refractivity contribution is 7.98. The molecule has 6 nitrogen and oxygen atoms in total. The van der Waals surface area contributed by atoms with Crippen LogP contribution in [-0.4, -0.2) is 28.3 Å². The molecule has 0 aliphatic rings. The standard InChI is InChI=1S/C25H25N3O3S/c1-30-16-6-15-28-24(29)22-8-2-3-9-23(22)27-25(28)32-18-19-10-12-21(13-11-19)31-17-20-7-4-5-14-26-20/h2-5,7-14H,6,15-18H2,1H3. The number of para-hydroxylation sites is 1. The molecule has 0 saturated carbocycles. The van der Waals surface area contributed by atoms with Crippen molar-refractivity contribution in [3.63, 3.8) is 0 Å². The van der Waals surface area contributed by atoms with Gasteiger partial charge in [-0.3, -0.25) is 14.3 Å². The van der Waals surface area contributed by atoms with Crippen LogP contribution in [0.3, 0.4) is 0 Å². The van der Waals surface area contributed by atoms with E-state index >= 15 is 0 Å². The number of thioether (sulfide) groups is 1. The van der Waals surface area contributed by atoms with Gasteiger partial charge in [0.05, 0.1) is 16.6 Å².